The van der Waals surface area contributed by atoms with Crippen molar-refractivity contribution < 1.29 is 0 Å². The van der Waals surface area contributed by atoms with E-state index in [1.807, 2.05) is 6.08 Å². The van der Waals surface area contributed by atoms with Crippen LogP contribution in [-0.4, -0.2) is 25.0 Å². The summed E-state index contributed by atoms with van der Waals surface area (Å²) in [4.78, 5) is 2.40. The van der Waals surface area contributed by atoms with Crippen LogP contribution in [0, 0.1) is 0 Å². The van der Waals surface area contributed by atoms with Crippen LogP contribution in [0.2, 0.25) is 0 Å². The molecular weight excluding hydrogens is 220 g/mol. The zero-order valence-corrected chi connectivity index (χ0v) is 11.0. The van der Waals surface area contributed by atoms with Gasteiger partial charge in [-0.05, 0) is 56.2 Å². The molecule has 1 saturated heterocycles. The van der Waals surface area contributed by atoms with Crippen molar-refractivity contribution in [2.24, 2.45) is 0 Å². The Labute approximate surface area is 109 Å². The largest absolute Gasteiger partial charge is 0.358 e. The highest BCUT2D eigenvalue weighted by atomic mass is 15.1. The van der Waals surface area contributed by atoms with Gasteiger partial charge in [-0.2, -0.15) is 0 Å². The fraction of sp³-hybridized carbons (Fsp3) is 0.375. The van der Waals surface area contributed by atoms with E-state index in [9.17, 15) is 0 Å². The van der Waals surface area contributed by atoms with Gasteiger partial charge < -0.3 is 10.2 Å². The number of nitrogens with zero attached hydrogens (tertiary/aromatic N) is 1. The second-order valence-electron chi connectivity index (χ2n) is 5.50. The molecule has 1 fully saturated rings. The van der Waals surface area contributed by atoms with Crippen LogP contribution in [0.4, 0.5) is 5.69 Å². The van der Waals surface area contributed by atoms with E-state index in [0.717, 1.165) is 25.9 Å². The van der Waals surface area contributed by atoms with E-state index in [2.05, 4.69) is 48.6 Å². The minimum atomic E-state index is 0.140. The molecule has 2 nitrogen and oxygen atoms in total. The zero-order chi connectivity index (χ0) is 12.8. The Morgan fingerprint density at radius 3 is 2.72 bits per heavy atom. The fourth-order valence-corrected chi connectivity index (χ4v) is 3.21. The average Bonchev–Trinajstić information content (AvgIpc) is 2.65. The van der Waals surface area contributed by atoms with Crippen molar-refractivity contribution in [1.29, 1.82) is 0 Å². The molecule has 2 heterocycles. The normalized spacial score (nSPS) is 21.7. The number of fused-ring (bicyclic) bond motifs is 2. The van der Waals surface area contributed by atoms with Gasteiger partial charge in [0, 0.05) is 16.8 Å². The molecule has 0 bridgehead atoms. The van der Waals surface area contributed by atoms with Crippen molar-refractivity contribution in [3.8, 4) is 0 Å². The molecule has 1 aromatic carbocycles. The molecule has 0 unspecified atom stereocenters. The number of hydrogen-bond acceptors (Lipinski definition) is 2. The minimum Gasteiger partial charge on any atom is -0.358 e. The van der Waals surface area contributed by atoms with Crippen LogP contribution < -0.4 is 5.32 Å². The van der Waals surface area contributed by atoms with Gasteiger partial charge in [0.25, 0.3) is 0 Å². The standard InChI is InChI=1S/C16H20N2/c1-4-13-5-6-15-14(11-13)16(12(2)17-15)7-9-18(3)10-8-16/h4-6,11,17H,1-2,7-10H2,3H3. The molecule has 1 N–H and O–H groups in total. The second kappa shape index (κ2) is 3.99. The Balaban J connectivity index is 2.07. The van der Waals surface area contributed by atoms with Crippen LogP contribution in [0.1, 0.15) is 24.0 Å². The lowest BCUT2D eigenvalue weighted by molar-refractivity contribution is 0.215. The summed E-state index contributed by atoms with van der Waals surface area (Å²) in [5.41, 5.74) is 5.16. The summed E-state index contributed by atoms with van der Waals surface area (Å²) in [5, 5.41) is 3.48. The third-order valence-electron chi connectivity index (χ3n) is 4.50. The quantitative estimate of drug-likeness (QED) is 0.810. The van der Waals surface area contributed by atoms with Crippen molar-refractivity contribution >= 4 is 11.8 Å². The van der Waals surface area contributed by atoms with Crippen LogP contribution in [-0.2, 0) is 5.41 Å². The lowest BCUT2D eigenvalue weighted by Crippen LogP contribution is -2.40. The van der Waals surface area contributed by atoms with E-state index >= 15 is 0 Å². The Hall–Kier alpha value is -1.54. The maximum Gasteiger partial charge on any atom is 0.0424 e. The van der Waals surface area contributed by atoms with Crippen LogP contribution >= 0.6 is 0 Å². The Bertz CT molecular complexity index is 508. The first-order valence-electron chi connectivity index (χ1n) is 6.58. The van der Waals surface area contributed by atoms with Gasteiger partial charge in [0.2, 0.25) is 0 Å². The van der Waals surface area contributed by atoms with Gasteiger partial charge in [-0.1, -0.05) is 25.3 Å². The number of likely N-dealkylation sites (tertiary alicyclic amines) is 1. The third-order valence-corrected chi connectivity index (χ3v) is 4.50. The number of piperidine rings is 1. The van der Waals surface area contributed by atoms with Gasteiger partial charge in [0.15, 0.2) is 0 Å². The molecule has 2 aliphatic heterocycles. The van der Waals surface area contributed by atoms with Crippen molar-refractivity contribution in [3.05, 3.63) is 48.2 Å². The summed E-state index contributed by atoms with van der Waals surface area (Å²) in [6.07, 6.45) is 4.23. The lowest BCUT2D eigenvalue weighted by atomic mass is 9.72. The molecule has 0 radical (unpaired) electrons. The first kappa shape index (κ1) is 11.5. The SMILES string of the molecule is C=Cc1ccc2c(c1)C1(CCN(C)CC1)C(=C)N2. The maximum absolute atomic E-state index is 4.27. The molecule has 0 amide bonds. The fourth-order valence-electron chi connectivity index (χ4n) is 3.21. The number of hydrogen-bond donors (Lipinski definition) is 1. The summed E-state index contributed by atoms with van der Waals surface area (Å²) >= 11 is 0. The molecular formula is C16H20N2. The molecule has 1 aromatic rings. The van der Waals surface area contributed by atoms with Gasteiger partial charge in [-0.15, -0.1) is 0 Å². The van der Waals surface area contributed by atoms with Gasteiger partial charge in [0.05, 0.1) is 0 Å². The summed E-state index contributed by atoms with van der Waals surface area (Å²) in [6, 6.07) is 6.55. The van der Waals surface area contributed by atoms with Crippen LogP contribution in [0.25, 0.3) is 6.08 Å². The van der Waals surface area contributed by atoms with E-state index in [-0.39, 0.29) is 5.41 Å². The van der Waals surface area contributed by atoms with Crippen molar-refractivity contribution in [2.75, 3.05) is 25.5 Å². The first-order valence-corrected chi connectivity index (χ1v) is 6.58. The zero-order valence-electron chi connectivity index (χ0n) is 11.0. The average molecular weight is 240 g/mol. The number of rotatable bonds is 1. The highest BCUT2D eigenvalue weighted by Gasteiger charge is 2.43. The summed E-state index contributed by atoms with van der Waals surface area (Å²) in [7, 11) is 2.19. The van der Waals surface area contributed by atoms with Crippen LogP contribution in [0.3, 0.4) is 0 Å². The van der Waals surface area contributed by atoms with E-state index in [4.69, 9.17) is 0 Å². The van der Waals surface area contributed by atoms with E-state index in [1.54, 1.807) is 0 Å². The first-order chi connectivity index (χ1) is 8.65. The molecule has 1 spiro atoms. The molecule has 0 atom stereocenters. The number of nitrogens with one attached hydrogen (secondary N) is 1. The molecule has 18 heavy (non-hydrogen) atoms. The molecule has 94 valence electrons. The van der Waals surface area contributed by atoms with E-state index in [0.29, 0.717) is 0 Å². The predicted octanol–water partition coefficient (Wildman–Crippen LogP) is 3.23. The molecule has 0 saturated carbocycles. The Morgan fingerprint density at radius 2 is 2.06 bits per heavy atom. The van der Waals surface area contributed by atoms with Crippen LogP contribution in [0.5, 0.6) is 0 Å². The molecule has 3 rings (SSSR count). The minimum absolute atomic E-state index is 0.140. The van der Waals surface area contributed by atoms with Gasteiger partial charge in [-0.25, -0.2) is 0 Å². The molecule has 2 heteroatoms. The third kappa shape index (κ3) is 1.52. The number of allylic oxidation sites excluding steroid dienone is 1. The highest BCUT2D eigenvalue weighted by Crippen LogP contribution is 2.49. The molecule has 0 aromatic heterocycles. The van der Waals surface area contributed by atoms with Crippen molar-refractivity contribution in [2.45, 2.75) is 18.3 Å². The molecule has 2 aliphatic rings. The van der Waals surface area contributed by atoms with Gasteiger partial charge >= 0.3 is 0 Å². The van der Waals surface area contributed by atoms with E-state index < -0.39 is 0 Å². The van der Waals surface area contributed by atoms with Gasteiger partial charge in [0.1, 0.15) is 0 Å². The number of anilines is 1. The lowest BCUT2D eigenvalue weighted by Gasteiger charge is -2.38. The molecule has 0 aliphatic carbocycles. The second-order valence-corrected chi connectivity index (χ2v) is 5.50. The van der Waals surface area contributed by atoms with Crippen LogP contribution in [0.15, 0.2) is 37.1 Å². The summed E-state index contributed by atoms with van der Waals surface area (Å²) in [5.74, 6) is 0. The van der Waals surface area contributed by atoms with Gasteiger partial charge in [-0.3, -0.25) is 0 Å². The summed E-state index contributed by atoms with van der Waals surface area (Å²) in [6.45, 7) is 10.4. The Morgan fingerprint density at radius 1 is 1.33 bits per heavy atom. The highest BCUT2D eigenvalue weighted by molar-refractivity contribution is 5.71. The smallest absolute Gasteiger partial charge is 0.0424 e. The Kier molecular flexibility index (Phi) is 2.56. The van der Waals surface area contributed by atoms with Crippen molar-refractivity contribution in [1.82, 2.24) is 4.90 Å². The van der Waals surface area contributed by atoms with E-state index in [1.165, 1.54) is 22.5 Å². The summed E-state index contributed by atoms with van der Waals surface area (Å²) < 4.78 is 0. The topological polar surface area (TPSA) is 15.3 Å². The number of benzene rings is 1. The monoisotopic (exact) mass is 240 g/mol. The maximum atomic E-state index is 4.27. The predicted molar refractivity (Wildman–Crippen MR) is 77.7 cm³/mol. The van der Waals surface area contributed by atoms with Crippen molar-refractivity contribution in [3.63, 3.8) is 0 Å².